The summed E-state index contributed by atoms with van der Waals surface area (Å²) in [7, 11) is 0. The van der Waals surface area contributed by atoms with Crippen LogP contribution < -0.4 is 0 Å². The Morgan fingerprint density at radius 1 is 1.29 bits per heavy atom. The van der Waals surface area contributed by atoms with Gasteiger partial charge in [-0.3, -0.25) is 9.59 Å². The third kappa shape index (κ3) is 5.40. The number of benzene rings is 1. The molecule has 1 rings (SSSR count). The zero-order chi connectivity index (χ0) is 15.8. The van der Waals surface area contributed by atoms with Crippen LogP contribution in [0.2, 0.25) is 10.0 Å². The summed E-state index contributed by atoms with van der Waals surface area (Å²) in [6.07, 6.45) is 2.94. The molecule has 0 bridgehead atoms. The molecule has 0 N–H and O–H groups in total. The Morgan fingerprint density at radius 3 is 2.62 bits per heavy atom. The molecule has 0 spiro atoms. The van der Waals surface area contributed by atoms with Crippen molar-refractivity contribution in [3.05, 3.63) is 39.9 Å². The summed E-state index contributed by atoms with van der Waals surface area (Å²) >= 11 is 11.9. The van der Waals surface area contributed by atoms with Crippen LogP contribution in [0.5, 0.6) is 0 Å². The first kappa shape index (κ1) is 17.5. The van der Waals surface area contributed by atoms with E-state index in [-0.39, 0.29) is 12.5 Å². The average Bonchev–Trinajstić information content (AvgIpc) is 2.46. The van der Waals surface area contributed by atoms with Gasteiger partial charge in [-0.1, -0.05) is 35.3 Å². The maximum Gasteiger partial charge on any atom is 0.325 e. The van der Waals surface area contributed by atoms with Crippen molar-refractivity contribution >= 4 is 41.2 Å². The first-order chi connectivity index (χ1) is 9.99. The summed E-state index contributed by atoms with van der Waals surface area (Å²) in [4.78, 5) is 24.8. The van der Waals surface area contributed by atoms with Crippen LogP contribution in [0.1, 0.15) is 19.4 Å². The molecule has 0 aliphatic heterocycles. The minimum atomic E-state index is -0.429. The van der Waals surface area contributed by atoms with Gasteiger partial charge in [-0.05, 0) is 31.6 Å². The molecule has 0 saturated heterocycles. The molecule has 0 fully saturated rings. The first-order valence-electron chi connectivity index (χ1n) is 6.56. The topological polar surface area (TPSA) is 46.6 Å². The quantitative estimate of drug-likeness (QED) is 0.593. The lowest BCUT2D eigenvalue weighted by Crippen LogP contribution is -2.35. The molecule has 0 heterocycles. The van der Waals surface area contributed by atoms with Crippen molar-refractivity contribution in [2.24, 2.45) is 0 Å². The van der Waals surface area contributed by atoms with E-state index in [1.165, 1.54) is 11.0 Å². The summed E-state index contributed by atoms with van der Waals surface area (Å²) in [5.74, 6) is -0.719. The van der Waals surface area contributed by atoms with Gasteiger partial charge < -0.3 is 9.64 Å². The Kier molecular flexibility index (Phi) is 7.26. The van der Waals surface area contributed by atoms with Crippen LogP contribution in [-0.4, -0.2) is 36.5 Å². The monoisotopic (exact) mass is 329 g/mol. The van der Waals surface area contributed by atoms with Crippen LogP contribution in [0.4, 0.5) is 0 Å². The highest BCUT2D eigenvalue weighted by atomic mass is 35.5. The number of rotatable bonds is 6. The number of carbonyl (C=O) groups is 2. The van der Waals surface area contributed by atoms with Gasteiger partial charge in [-0.2, -0.15) is 0 Å². The molecule has 4 nitrogen and oxygen atoms in total. The number of hydrogen-bond acceptors (Lipinski definition) is 3. The van der Waals surface area contributed by atoms with Gasteiger partial charge in [0.15, 0.2) is 0 Å². The van der Waals surface area contributed by atoms with E-state index >= 15 is 0 Å². The number of esters is 1. The van der Waals surface area contributed by atoms with Gasteiger partial charge >= 0.3 is 5.97 Å². The van der Waals surface area contributed by atoms with Crippen molar-refractivity contribution in [3.8, 4) is 0 Å². The Balaban J connectivity index is 2.75. The smallest absolute Gasteiger partial charge is 0.325 e. The Morgan fingerprint density at radius 2 is 2.00 bits per heavy atom. The van der Waals surface area contributed by atoms with Crippen molar-refractivity contribution in [2.45, 2.75) is 13.8 Å². The van der Waals surface area contributed by atoms with Crippen LogP contribution in [0.25, 0.3) is 6.08 Å². The molecule has 0 aromatic heterocycles. The fraction of sp³-hybridized carbons (Fsp3) is 0.333. The van der Waals surface area contributed by atoms with Gasteiger partial charge in [0.25, 0.3) is 0 Å². The number of hydrogen-bond donors (Lipinski definition) is 0. The lowest BCUT2D eigenvalue weighted by atomic mass is 10.2. The Bertz CT molecular complexity index is 544. The first-order valence-corrected chi connectivity index (χ1v) is 7.31. The van der Waals surface area contributed by atoms with Crippen molar-refractivity contribution in [2.75, 3.05) is 19.7 Å². The molecule has 0 saturated carbocycles. The third-order valence-corrected chi connectivity index (χ3v) is 3.54. The summed E-state index contributed by atoms with van der Waals surface area (Å²) in [5, 5.41) is 0.807. The third-order valence-electron chi connectivity index (χ3n) is 2.71. The number of carbonyl (C=O) groups excluding carboxylic acids is 2. The largest absolute Gasteiger partial charge is 0.465 e. The van der Waals surface area contributed by atoms with Gasteiger partial charge in [0.05, 0.1) is 16.7 Å². The molecule has 1 aromatic carbocycles. The van der Waals surface area contributed by atoms with Gasteiger partial charge in [-0.15, -0.1) is 0 Å². The van der Waals surface area contributed by atoms with E-state index in [1.54, 1.807) is 38.1 Å². The second-order valence-electron chi connectivity index (χ2n) is 4.13. The van der Waals surface area contributed by atoms with Crippen LogP contribution >= 0.6 is 23.2 Å². The van der Waals surface area contributed by atoms with Crippen molar-refractivity contribution in [1.29, 1.82) is 0 Å². The molecule has 1 aromatic rings. The van der Waals surface area contributed by atoms with Gasteiger partial charge in [0.2, 0.25) is 5.91 Å². The zero-order valence-electron chi connectivity index (χ0n) is 11.9. The minimum Gasteiger partial charge on any atom is -0.465 e. The minimum absolute atomic E-state index is 0.0726. The predicted molar refractivity (Wildman–Crippen MR) is 84.4 cm³/mol. The van der Waals surface area contributed by atoms with E-state index < -0.39 is 5.97 Å². The number of ether oxygens (including phenoxy) is 1. The molecule has 0 unspecified atom stereocenters. The molecule has 0 aliphatic rings. The molecule has 0 atom stereocenters. The fourth-order valence-electron chi connectivity index (χ4n) is 1.62. The number of nitrogens with zero attached hydrogens (tertiary/aromatic N) is 1. The molecule has 21 heavy (non-hydrogen) atoms. The van der Waals surface area contributed by atoms with Gasteiger partial charge in [0, 0.05) is 12.6 Å². The van der Waals surface area contributed by atoms with E-state index in [2.05, 4.69) is 0 Å². The average molecular weight is 330 g/mol. The zero-order valence-corrected chi connectivity index (χ0v) is 13.4. The summed E-state index contributed by atoms with van der Waals surface area (Å²) in [6, 6.07) is 5.16. The highest BCUT2D eigenvalue weighted by Gasteiger charge is 2.14. The molecule has 6 heteroatoms. The van der Waals surface area contributed by atoms with Crippen molar-refractivity contribution in [1.82, 2.24) is 4.90 Å². The van der Waals surface area contributed by atoms with Crippen molar-refractivity contribution in [3.63, 3.8) is 0 Å². The molecule has 0 aliphatic carbocycles. The highest BCUT2D eigenvalue weighted by Crippen LogP contribution is 2.26. The van der Waals surface area contributed by atoms with Gasteiger partial charge in [0.1, 0.15) is 6.54 Å². The SMILES string of the molecule is CCOC(=O)CN(CC)C(=O)/C=C/c1cccc(Cl)c1Cl. The Hall–Kier alpha value is -1.52. The van der Waals surface area contributed by atoms with Crippen LogP contribution in [0.15, 0.2) is 24.3 Å². The lowest BCUT2D eigenvalue weighted by Gasteiger charge is -2.17. The molecular formula is C15H17Cl2NO3. The second kappa shape index (κ2) is 8.70. The highest BCUT2D eigenvalue weighted by molar-refractivity contribution is 6.42. The van der Waals surface area contributed by atoms with Crippen LogP contribution in [0.3, 0.4) is 0 Å². The van der Waals surface area contributed by atoms with E-state index in [0.717, 1.165) is 0 Å². The molecular weight excluding hydrogens is 313 g/mol. The summed E-state index contributed by atoms with van der Waals surface area (Å²) in [6.45, 7) is 4.13. The van der Waals surface area contributed by atoms with E-state index in [0.29, 0.717) is 28.8 Å². The normalized spacial score (nSPS) is 10.7. The fourth-order valence-corrected chi connectivity index (χ4v) is 1.99. The standard InChI is InChI=1S/C15H17Cl2NO3/c1-3-18(10-14(20)21-4-2)13(19)9-8-11-6-5-7-12(16)15(11)17/h5-9H,3-4,10H2,1-2H3/b9-8+. The Labute approximate surface area is 134 Å². The number of likely N-dealkylation sites (N-methyl/N-ethyl adjacent to an activating group) is 1. The van der Waals surface area contributed by atoms with Gasteiger partial charge in [-0.25, -0.2) is 0 Å². The van der Waals surface area contributed by atoms with Crippen molar-refractivity contribution < 1.29 is 14.3 Å². The number of amides is 1. The van der Waals surface area contributed by atoms with E-state index in [9.17, 15) is 9.59 Å². The number of halogens is 2. The molecule has 1 amide bonds. The maximum absolute atomic E-state index is 12.0. The van der Waals surface area contributed by atoms with E-state index in [4.69, 9.17) is 27.9 Å². The summed E-state index contributed by atoms with van der Waals surface area (Å²) < 4.78 is 4.83. The van der Waals surface area contributed by atoms with Crippen LogP contribution in [-0.2, 0) is 14.3 Å². The predicted octanol–water partition coefficient (Wildman–Crippen LogP) is 3.42. The summed E-state index contributed by atoms with van der Waals surface area (Å²) in [5.41, 5.74) is 0.643. The maximum atomic E-state index is 12.0. The molecule has 0 radical (unpaired) electrons. The van der Waals surface area contributed by atoms with E-state index in [1.807, 2.05) is 0 Å². The van der Waals surface area contributed by atoms with Crippen LogP contribution in [0, 0.1) is 0 Å². The lowest BCUT2D eigenvalue weighted by molar-refractivity contribution is -0.147. The molecule has 114 valence electrons. The second-order valence-corrected chi connectivity index (χ2v) is 4.92.